The van der Waals surface area contributed by atoms with Crippen LogP contribution in [0.5, 0.6) is 0 Å². The first kappa shape index (κ1) is 24.1. The number of aryl methyl sites for hydroxylation is 2. The molecule has 2 aromatic carbocycles. The zero-order valence-corrected chi connectivity index (χ0v) is 19.1. The molecule has 174 valence electrons. The van der Waals surface area contributed by atoms with Crippen molar-refractivity contribution in [3.05, 3.63) is 64.2 Å². The Morgan fingerprint density at radius 1 is 0.970 bits per heavy atom. The van der Waals surface area contributed by atoms with E-state index in [4.69, 9.17) is 9.47 Å². The number of esters is 1. The maximum Gasteiger partial charge on any atom is 0.338 e. The van der Waals surface area contributed by atoms with E-state index in [1.165, 1.54) is 18.2 Å². The lowest BCUT2D eigenvalue weighted by atomic mass is 10.0. The molecule has 1 heterocycles. The average molecular weight is 453 g/mol. The predicted octanol–water partition coefficient (Wildman–Crippen LogP) is 3.24. The van der Waals surface area contributed by atoms with Crippen LogP contribution in [0.25, 0.3) is 0 Å². The zero-order valence-electron chi connectivity index (χ0n) is 19.1. The van der Waals surface area contributed by atoms with Gasteiger partial charge in [-0.1, -0.05) is 32.0 Å². The van der Waals surface area contributed by atoms with Crippen molar-refractivity contribution < 1.29 is 28.7 Å². The smallest absolute Gasteiger partial charge is 0.338 e. The molecule has 0 aromatic heterocycles. The molecule has 1 aliphatic heterocycles. The summed E-state index contributed by atoms with van der Waals surface area (Å²) in [6.45, 7) is 4.20. The fourth-order valence-electron chi connectivity index (χ4n) is 3.78. The SMILES string of the molecule is CCc1cccc(CC)c1NC(=O)COC(=O)c1ccc2c(c1)C(=O)N(CCCOC)C2=O. The summed E-state index contributed by atoms with van der Waals surface area (Å²) in [5, 5.41) is 2.84. The highest BCUT2D eigenvalue weighted by Gasteiger charge is 2.35. The molecule has 0 unspecified atom stereocenters. The first-order valence-electron chi connectivity index (χ1n) is 11.0. The summed E-state index contributed by atoms with van der Waals surface area (Å²) in [5.74, 6) is -2.05. The number of methoxy groups -OCH3 is 1. The minimum Gasteiger partial charge on any atom is -0.452 e. The van der Waals surface area contributed by atoms with Gasteiger partial charge >= 0.3 is 5.97 Å². The molecule has 0 saturated carbocycles. The summed E-state index contributed by atoms with van der Waals surface area (Å²) in [6, 6.07) is 10.0. The first-order valence-corrected chi connectivity index (χ1v) is 11.0. The summed E-state index contributed by atoms with van der Waals surface area (Å²) in [5.41, 5.74) is 3.26. The van der Waals surface area contributed by atoms with E-state index >= 15 is 0 Å². The molecule has 0 radical (unpaired) electrons. The van der Waals surface area contributed by atoms with Gasteiger partial charge in [-0.25, -0.2) is 4.79 Å². The van der Waals surface area contributed by atoms with Crippen LogP contribution in [-0.4, -0.2) is 55.5 Å². The number of para-hydroxylation sites is 1. The van der Waals surface area contributed by atoms with E-state index in [-0.39, 0.29) is 23.2 Å². The van der Waals surface area contributed by atoms with Gasteiger partial charge in [0.1, 0.15) is 0 Å². The number of ether oxygens (including phenoxy) is 2. The Bertz CT molecular complexity index is 1060. The molecule has 0 spiro atoms. The number of hydrogen-bond donors (Lipinski definition) is 1. The van der Waals surface area contributed by atoms with Crippen molar-refractivity contribution in [1.29, 1.82) is 0 Å². The van der Waals surface area contributed by atoms with Crippen LogP contribution in [-0.2, 0) is 27.1 Å². The van der Waals surface area contributed by atoms with Crippen LogP contribution in [0, 0.1) is 0 Å². The van der Waals surface area contributed by atoms with E-state index in [2.05, 4.69) is 5.32 Å². The third-order valence-electron chi connectivity index (χ3n) is 5.53. The van der Waals surface area contributed by atoms with E-state index < -0.39 is 30.3 Å². The molecule has 8 nitrogen and oxygen atoms in total. The summed E-state index contributed by atoms with van der Waals surface area (Å²) in [7, 11) is 1.55. The number of nitrogens with zero attached hydrogens (tertiary/aromatic N) is 1. The standard InChI is InChI=1S/C25H28N2O6/c1-4-16-8-6-9-17(5-2)22(16)26-21(28)15-33-25(31)18-10-11-19-20(14-18)24(30)27(23(19)29)12-7-13-32-3/h6,8-11,14H,4-5,7,12-13,15H2,1-3H3,(H,26,28). The number of nitrogens with one attached hydrogen (secondary N) is 1. The quantitative estimate of drug-likeness (QED) is 0.337. The van der Waals surface area contributed by atoms with Gasteiger partial charge in [-0.15, -0.1) is 0 Å². The lowest BCUT2D eigenvalue weighted by molar-refractivity contribution is -0.119. The topological polar surface area (TPSA) is 102 Å². The van der Waals surface area contributed by atoms with Crippen molar-refractivity contribution in [2.45, 2.75) is 33.1 Å². The molecule has 33 heavy (non-hydrogen) atoms. The Morgan fingerprint density at radius 2 is 1.64 bits per heavy atom. The second-order valence-corrected chi connectivity index (χ2v) is 7.65. The first-order chi connectivity index (χ1) is 15.9. The van der Waals surface area contributed by atoms with Crippen LogP contribution in [0.15, 0.2) is 36.4 Å². The summed E-state index contributed by atoms with van der Waals surface area (Å²) >= 11 is 0. The van der Waals surface area contributed by atoms with Gasteiger partial charge in [0.15, 0.2) is 6.61 Å². The molecule has 1 aliphatic rings. The Hall–Kier alpha value is -3.52. The number of amides is 3. The number of hydrogen-bond acceptors (Lipinski definition) is 6. The summed E-state index contributed by atoms with van der Waals surface area (Å²) in [6.07, 6.45) is 2.04. The van der Waals surface area contributed by atoms with Crippen LogP contribution in [0.2, 0.25) is 0 Å². The van der Waals surface area contributed by atoms with Crippen LogP contribution in [0.3, 0.4) is 0 Å². The van der Waals surface area contributed by atoms with Gasteiger partial charge in [0, 0.05) is 25.9 Å². The fourth-order valence-corrected chi connectivity index (χ4v) is 3.78. The average Bonchev–Trinajstić information content (AvgIpc) is 3.07. The van der Waals surface area contributed by atoms with Crippen molar-refractivity contribution >= 4 is 29.4 Å². The Morgan fingerprint density at radius 3 is 2.27 bits per heavy atom. The van der Waals surface area contributed by atoms with Crippen molar-refractivity contribution in [1.82, 2.24) is 4.90 Å². The monoisotopic (exact) mass is 452 g/mol. The van der Waals surface area contributed by atoms with Crippen LogP contribution in [0.1, 0.15) is 62.5 Å². The predicted molar refractivity (Wildman–Crippen MR) is 122 cm³/mol. The van der Waals surface area contributed by atoms with Crippen LogP contribution in [0.4, 0.5) is 5.69 Å². The summed E-state index contributed by atoms with van der Waals surface area (Å²) < 4.78 is 10.1. The highest BCUT2D eigenvalue weighted by Crippen LogP contribution is 2.25. The molecular formula is C25H28N2O6. The number of anilines is 1. The van der Waals surface area contributed by atoms with Crippen molar-refractivity contribution in [3.8, 4) is 0 Å². The Labute approximate surface area is 192 Å². The van der Waals surface area contributed by atoms with E-state index in [9.17, 15) is 19.2 Å². The molecule has 8 heteroatoms. The van der Waals surface area contributed by atoms with Gasteiger partial charge in [0.25, 0.3) is 17.7 Å². The molecule has 0 saturated heterocycles. The molecule has 0 aliphatic carbocycles. The fraction of sp³-hybridized carbons (Fsp3) is 0.360. The summed E-state index contributed by atoms with van der Waals surface area (Å²) in [4.78, 5) is 51.2. The number of carbonyl (C=O) groups is 4. The van der Waals surface area contributed by atoms with Gasteiger partial charge in [-0.05, 0) is 48.6 Å². The molecule has 3 amide bonds. The van der Waals surface area contributed by atoms with E-state index in [1.807, 2.05) is 32.0 Å². The van der Waals surface area contributed by atoms with Crippen molar-refractivity contribution in [2.24, 2.45) is 0 Å². The third kappa shape index (κ3) is 5.28. The van der Waals surface area contributed by atoms with Crippen molar-refractivity contribution in [3.63, 3.8) is 0 Å². The van der Waals surface area contributed by atoms with Gasteiger partial charge < -0.3 is 14.8 Å². The maximum atomic E-state index is 12.6. The van der Waals surface area contributed by atoms with E-state index in [0.29, 0.717) is 13.0 Å². The largest absolute Gasteiger partial charge is 0.452 e. The maximum absolute atomic E-state index is 12.6. The van der Waals surface area contributed by atoms with Gasteiger partial charge in [-0.2, -0.15) is 0 Å². The second-order valence-electron chi connectivity index (χ2n) is 7.65. The number of benzene rings is 2. The Kier molecular flexibility index (Phi) is 7.95. The number of carbonyl (C=O) groups excluding carboxylic acids is 4. The molecule has 3 rings (SSSR count). The lowest BCUT2D eigenvalue weighted by Gasteiger charge is -2.14. The van der Waals surface area contributed by atoms with Crippen LogP contribution < -0.4 is 5.32 Å². The lowest BCUT2D eigenvalue weighted by Crippen LogP contribution is -2.31. The number of imide groups is 1. The van der Waals surface area contributed by atoms with Gasteiger partial charge in [0.2, 0.25) is 0 Å². The minimum atomic E-state index is -0.745. The third-order valence-corrected chi connectivity index (χ3v) is 5.53. The molecule has 0 atom stereocenters. The van der Waals surface area contributed by atoms with E-state index in [1.54, 1.807) is 7.11 Å². The Balaban J connectivity index is 1.64. The van der Waals surface area contributed by atoms with Gasteiger partial charge in [0.05, 0.1) is 16.7 Å². The number of fused-ring (bicyclic) bond motifs is 1. The van der Waals surface area contributed by atoms with Gasteiger partial charge in [-0.3, -0.25) is 19.3 Å². The van der Waals surface area contributed by atoms with Crippen molar-refractivity contribution in [2.75, 3.05) is 32.2 Å². The normalized spacial score (nSPS) is 12.6. The highest BCUT2D eigenvalue weighted by atomic mass is 16.5. The molecular weight excluding hydrogens is 424 g/mol. The van der Waals surface area contributed by atoms with Crippen LogP contribution >= 0.6 is 0 Å². The highest BCUT2D eigenvalue weighted by molar-refractivity contribution is 6.22. The molecule has 1 N–H and O–H groups in total. The van der Waals surface area contributed by atoms with E-state index in [0.717, 1.165) is 34.6 Å². The molecule has 0 bridgehead atoms. The zero-order chi connectivity index (χ0) is 24.0. The number of rotatable bonds is 10. The molecule has 0 fully saturated rings. The minimum absolute atomic E-state index is 0.102. The second kappa shape index (κ2) is 10.9. The molecule has 2 aromatic rings.